The van der Waals surface area contributed by atoms with Crippen molar-refractivity contribution in [1.29, 1.82) is 5.41 Å². The quantitative estimate of drug-likeness (QED) is 0.0912. The maximum atomic E-state index is 12.5. The highest BCUT2D eigenvalue weighted by molar-refractivity contribution is 5.78. The fraction of sp³-hybridized carbons (Fsp3) is 0.833. The van der Waals surface area contributed by atoms with E-state index >= 15 is 0 Å². The van der Waals surface area contributed by atoms with Crippen LogP contribution in [0.15, 0.2) is 0 Å². The summed E-state index contributed by atoms with van der Waals surface area (Å²) in [6.45, 7) is 7.55. The molecule has 0 fully saturated rings. The molecule has 0 heterocycles. The van der Waals surface area contributed by atoms with Crippen LogP contribution in [0.3, 0.4) is 0 Å². The number of unbranched alkanes of at least 4 members (excludes halogenated alkanes) is 4. The van der Waals surface area contributed by atoms with Gasteiger partial charge in [-0.3, -0.25) is 19.8 Å². The zero-order valence-corrected chi connectivity index (χ0v) is 21.1. The highest BCUT2D eigenvalue weighted by atomic mass is 16.2. The lowest BCUT2D eigenvalue weighted by atomic mass is 9.77. The second-order valence-corrected chi connectivity index (χ2v) is 9.55. The van der Waals surface area contributed by atoms with Crippen molar-refractivity contribution in [3.63, 3.8) is 0 Å². The third-order valence-electron chi connectivity index (χ3n) is 5.90. The Bertz CT molecular complexity index is 595. The lowest BCUT2D eigenvalue weighted by Gasteiger charge is -2.35. The Balaban J connectivity index is 4.50. The first-order chi connectivity index (χ1) is 15.6. The van der Waals surface area contributed by atoms with Gasteiger partial charge in [-0.15, -0.1) is 0 Å². The van der Waals surface area contributed by atoms with Crippen LogP contribution in [0.2, 0.25) is 0 Å². The van der Waals surface area contributed by atoms with Crippen LogP contribution in [0.25, 0.3) is 0 Å². The van der Waals surface area contributed by atoms with Crippen molar-refractivity contribution in [3.05, 3.63) is 0 Å². The fourth-order valence-corrected chi connectivity index (χ4v) is 3.74. The largest absolute Gasteiger partial charge is 0.370 e. The number of rotatable bonds is 20. The summed E-state index contributed by atoms with van der Waals surface area (Å²) >= 11 is 0. The summed E-state index contributed by atoms with van der Waals surface area (Å²) < 4.78 is 0. The van der Waals surface area contributed by atoms with Crippen molar-refractivity contribution in [2.75, 3.05) is 19.6 Å². The monoisotopic (exact) mass is 468 g/mol. The molecule has 0 radical (unpaired) electrons. The van der Waals surface area contributed by atoms with Gasteiger partial charge < -0.3 is 27.4 Å². The summed E-state index contributed by atoms with van der Waals surface area (Å²) in [7, 11) is 0. The average molecular weight is 469 g/mol. The molecule has 0 rings (SSSR count). The summed E-state index contributed by atoms with van der Waals surface area (Å²) in [4.78, 5) is 35.3. The van der Waals surface area contributed by atoms with Crippen LogP contribution >= 0.6 is 0 Å². The van der Waals surface area contributed by atoms with Gasteiger partial charge >= 0.3 is 0 Å². The van der Waals surface area contributed by atoms with E-state index in [-0.39, 0.29) is 35.0 Å². The van der Waals surface area contributed by atoms with Gasteiger partial charge in [-0.05, 0) is 57.4 Å². The summed E-state index contributed by atoms with van der Waals surface area (Å²) in [5, 5.41) is 16.1. The molecule has 2 amide bonds. The Kier molecular flexibility index (Phi) is 17.1. The fourth-order valence-electron chi connectivity index (χ4n) is 3.74. The second-order valence-electron chi connectivity index (χ2n) is 9.55. The molecule has 1 atom stereocenters. The maximum absolute atomic E-state index is 12.5. The van der Waals surface area contributed by atoms with E-state index in [0.717, 1.165) is 57.8 Å². The lowest BCUT2D eigenvalue weighted by Crippen LogP contribution is -2.45. The van der Waals surface area contributed by atoms with Crippen LogP contribution in [0.1, 0.15) is 97.8 Å². The van der Waals surface area contributed by atoms with E-state index in [9.17, 15) is 14.4 Å². The van der Waals surface area contributed by atoms with Gasteiger partial charge in [-0.25, -0.2) is 0 Å². The molecule has 9 nitrogen and oxygen atoms in total. The maximum Gasteiger partial charge on any atom is 0.220 e. The van der Waals surface area contributed by atoms with Gasteiger partial charge in [0.25, 0.3) is 0 Å². The van der Waals surface area contributed by atoms with Crippen molar-refractivity contribution in [1.82, 2.24) is 16.0 Å². The zero-order valence-electron chi connectivity index (χ0n) is 21.1. The SMILES string of the molecule is CC(=O)CCNC(=O)CCCCCC(C)(C)C(CCCNC(=N)N)NC(=O)CCCCCN. The molecular formula is C24H48N6O3. The summed E-state index contributed by atoms with van der Waals surface area (Å²) in [6, 6.07) is 0.0307. The van der Waals surface area contributed by atoms with Crippen LogP contribution in [-0.2, 0) is 14.4 Å². The number of nitrogens with two attached hydrogens (primary N) is 2. The Morgan fingerprint density at radius 3 is 2.09 bits per heavy atom. The lowest BCUT2D eigenvalue weighted by molar-refractivity contribution is -0.123. The average Bonchev–Trinajstić information content (AvgIpc) is 2.72. The predicted octanol–water partition coefficient (Wildman–Crippen LogP) is 2.33. The minimum Gasteiger partial charge on any atom is -0.370 e. The van der Waals surface area contributed by atoms with Crippen LogP contribution in [0.5, 0.6) is 0 Å². The molecule has 0 saturated carbocycles. The number of hydrogen-bond donors (Lipinski definition) is 6. The molecule has 0 spiro atoms. The molecule has 0 saturated heterocycles. The topological polar surface area (TPSA) is 163 Å². The van der Waals surface area contributed by atoms with E-state index in [1.54, 1.807) is 0 Å². The Hall–Kier alpha value is -2.16. The van der Waals surface area contributed by atoms with Crippen LogP contribution in [0.4, 0.5) is 0 Å². The molecule has 0 aliphatic heterocycles. The van der Waals surface area contributed by atoms with Gasteiger partial charge in [0.05, 0.1) is 0 Å². The van der Waals surface area contributed by atoms with Crippen LogP contribution in [-0.4, -0.2) is 49.2 Å². The third kappa shape index (κ3) is 18.0. The van der Waals surface area contributed by atoms with Crippen molar-refractivity contribution in [2.24, 2.45) is 16.9 Å². The number of guanidine groups is 1. The van der Waals surface area contributed by atoms with E-state index in [1.165, 1.54) is 6.92 Å². The molecule has 1 unspecified atom stereocenters. The first-order valence-electron chi connectivity index (χ1n) is 12.4. The Morgan fingerprint density at radius 1 is 0.848 bits per heavy atom. The van der Waals surface area contributed by atoms with Crippen molar-refractivity contribution >= 4 is 23.6 Å². The summed E-state index contributed by atoms with van der Waals surface area (Å²) in [6.07, 6.45) is 9.38. The van der Waals surface area contributed by atoms with Crippen molar-refractivity contribution in [2.45, 2.75) is 104 Å². The number of Topliss-reactive ketones (excluding diaryl/α,β-unsaturated/α-hetero) is 1. The number of hydrogen-bond acceptors (Lipinski definition) is 5. The Labute approximate surface area is 200 Å². The second kappa shape index (κ2) is 18.3. The zero-order chi connectivity index (χ0) is 25.1. The van der Waals surface area contributed by atoms with Gasteiger partial charge in [-0.1, -0.05) is 33.1 Å². The molecule has 0 aromatic carbocycles. The van der Waals surface area contributed by atoms with E-state index in [2.05, 4.69) is 29.8 Å². The van der Waals surface area contributed by atoms with E-state index in [1.807, 2.05) is 0 Å². The predicted molar refractivity (Wildman–Crippen MR) is 134 cm³/mol. The van der Waals surface area contributed by atoms with Gasteiger partial charge in [0.1, 0.15) is 5.78 Å². The molecule has 192 valence electrons. The number of carbonyl (C=O) groups is 3. The number of nitrogens with one attached hydrogen (secondary N) is 4. The molecule has 0 aromatic rings. The van der Waals surface area contributed by atoms with Gasteiger partial charge in [-0.2, -0.15) is 0 Å². The number of carbonyl (C=O) groups excluding carboxylic acids is 3. The molecular weight excluding hydrogens is 420 g/mol. The molecule has 9 heteroatoms. The molecule has 0 aliphatic rings. The normalized spacial score (nSPS) is 12.1. The highest BCUT2D eigenvalue weighted by Crippen LogP contribution is 2.31. The summed E-state index contributed by atoms with van der Waals surface area (Å²) in [5.74, 6) is 0.104. The van der Waals surface area contributed by atoms with Gasteiger partial charge in [0.2, 0.25) is 11.8 Å². The minimum atomic E-state index is -0.0904. The number of ketones is 1. The smallest absolute Gasteiger partial charge is 0.220 e. The number of amides is 2. The standard InChI is InChI=1S/C24H48N6O3/c1-19(31)14-18-28-21(32)12-6-4-8-15-24(2,3)20(11-10-17-29-23(26)27)30-22(33)13-7-5-9-16-25/h20H,4-18,25H2,1-3H3,(H,28,32)(H,30,33)(H4,26,27,29). The third-order valence-corrected chi connectivity index (χ3v) is 5.90. The van der Waals surface area contributed by atoms with Gasteiger partial charge in [0, 0.05) is 38.4 Å². The molecule has 0 aromatic heterocycles. The molecule has 0 aliphatic carbocycles. The van der Waals surface area contributed by atoms with E-state index < -0.39 is 0 Å². The first-order valence-corrected chi connectivity index (χ1v) is 12.4. The van der Waals surface area contributed by atoms with E-state index in [4.69, 9.17) is 16.9 Å². The van der Waals surface area contributed by atoms with Gasteiger partial charge in [0.15, 0.2) is 5.96 Å². The highest BCUT2D eigenvalue weighted by Gasteiger charge is 2.29. The molecule has 33 heavy (non-hydrogen) atoms. The van der Waals surface area contributed by atoms with Crippen LogP contribution in [0, 0.1) is 10.8 Å². The van der Waals surface area contributed by atoms with E-state index in [0.29, 0.717) is 38.9 Å². The molecule has 0 bridgehead atoms. The Morgan fingerprint density at radius 2 is 1.48 bits per heavy atom. The van der Waals surface area contributed by atoms with Crippen LogP contribution < -0.4 is 27.4 Å². The van der Waals surface area contributed by atoms with Crippen molar-refractivity contribution in [3.8, 4) is 0 Å². The summed E-state index contributed by atoms with van der Waals surface area (Å²) in [5.41, 5.74) is 10.8. The first kappa shape index (κ1) is 30.8. The molecule has 8 N–H and O–H groups in total. The minimum absolute atomic E-state index is 0.00624. The van der Waals surface area contributed by atoms with Crippen molar-refractivity contribution < 1.29 is 14.4 Å².